The molecule has 0 aliphatic carbocycles. The van der Waals surface area contributed by atoms with Gasteiger partial charge in [-0.15, -0.1) is 11.8 Å². The van der Waals surface area contributed by atoms with Gasteiger partial charge in [0.2, 0.25) is 0 Å². The van der Waals surface area contributed by atoms with Crippen molar-refractivity contribution < 1.29 is 22.6 Å². The Morgan fingerprint density at radius 1 is 1.21 bits per heavy atom. The minimum atomic E-state index is -4.67. The maximum absolute atomic E-state index is 13.7. The molecule has 8 heteroatoms. The van der Waals surface area contributed by atoms with Crippen LogP contribution in [-0.4, -0.2) is 24.5 Å². The number of halogens is 3. The Bertz CT molecular complexity index is 879. The van der Waals surface area contributed by atoms with E-state index in [4.69, 9.17) is 9.47 Å². The molecule has 2 rings (SSSR count). The summed E-state index contributed by atoms with van der Waals surface area (Å²) in [5.74, 6) is 0.846. The lowest BCUT2D eigenvalue weighted by atomic mass is 10.0. The van der Waals surface area contributed by atoms with E-state index in [1.807, 2.05) is 13.8 Å². The second-order valence-corrected chi connectivity index (χ2v) is 7.56. The molecule has 0 spiro atoms. The van der Waals surface area contributed by atoms with Crippen LogP contribution >= 0.6 is 11.8 Å². The maximum atomic E-state index is 13.7. The second kappa shape index (κ2) is 9.20. The lowest BCUT2D eigenvalue weighted by Gasteiger charge is -2.17. The third-order valence-electron chi connectivity index (χ3n) is 4.10. The third kappa shape index (κ3) is 4.90. The summed E-state index contributed by atoms with van der Waals surface area (Å²) in [5, 5.41) is 9.49. The van der Waals surface area contributed by atoms with Gasteiger partial charge in [-0.3, -0.25) is 0 Å². The molecule has 1 aromatic carbocycles. The number of rotatable bonds is 7. The van der Waals surface area contributed by atoms with Crippen LogP contribution in [0.4, 0.5) is 13.2 Å². The molecule has 0 saturated carbocycles. The molecular formula is C20H21F3N2O2S. The summed E-state index contributed by atoms with van der Waals surface area (Å²) in [6.07, 6.45) is -2.99. The summed E-state index contributed by atoms with van der Waals surface area (Å²) in [4.78, 5) is 4.39. The molecule has 0 fully saturated rings. The summed E-state index contributed by atoms with van der Waals surface area (Å²) < 4.78 is 51.4. The van der Waals surface area contributed by atoms with Crippen molar-refractivity contribution in [2.45, 2.75) is 43.1 Å². The summed E-state index contributed by atoms with van der Waals surface area (Å²) in [6, 6.07) is 7.38. The Morgan fingerprint density at radius 2 is 1.93 bits per heavy atom. The molecule has 0 bridgehead atoms. The average molecular weight is 410 g/mol. The van der Waals surface area contributed by atoms with Gasteiger partial charge in [0.1, 0.15) is 22.6 Å². The number of hydrogen-bond donors (Lipinski definition) is 0. The first kappa shape index (κ1) is 21.9. The number of nitriles is 1. The van der Waals surface area contributed by atoms with E-state index in [1.54, 1.807) is 24.3 Å². The Balaban J connectivity index is 2.70. The number of nitrogens with zero attached hydrogens (tertiary/aromatic N) is 2. The van der Waals surface area contributed by atoms with E-state index in [0.717, 1.165) is 18.9 Å². The van der Waals surface area contributed by atoms with Gasteiger partial charge in [0.25, 0.3) is 0 Å². The van der Waals surface area contributed by atoms with Crippen LogP contribution in [0.1, 0.15) is 37.8 Å². The molecule has 0 N–H and O–H groups in total. The molecule has 0 amide bonds. The fraction of sp³-hybridized carbons (Fsp3) is 0.400. The number of ether oxygens (including phenoxy) is 2. The molecule has 150 valence electrons. The van der Waals surface area contributed by atoms with Gasteiger partial charge in [0.05, 0.1) is 31.0 Å². The second-order valence-electron chi connectivity index (χ2n) is 6.13. The van der Waals surface area contributed by atoms with E-state index in [9.17, 15) is 18.4 Å². The molecule has 2 aromatic rings. The van der Waals surface area contributed by atoms with Crippen molar-refractivity contribution in [2.75, 3.05) is 14.2 Å². The largest absolute Gasteiger partial charge is 0.497 e. The van der Waals surface area contributed by atoms with E-state index in [2.05, 4.69) is 4.98 Å². The maximum Gasteiger partial charge on any atom is 0.417 e. The molecule has 1 atom stereocenters. The lowest BCUT2D eigenvalue weighted by Crippen LogP contribution is -2.11. The molecule has 0 aliphatic heterocycles. The predicted molar refractivity (Wildman–Crippen MR) is 103 cm³/mol. The zero-order chi connectivity index (χ0) is 20.9. The van der Waals surface area contributed by atoms with E-state index in [0.29, 0.717) is 17.1 Å². The summed E-state index contributed by atoms with van der Waals surface area (Å²) in [6.45, 7) is 3.90. The topological polar surface area (TPSA) is 55.1 Å². The van der Waals surface area contributed by atoms with Crippen LogP contribution in [0, 0.1) is 11.3 Å². The van der Waals surface area contributed by atoms with E-state index >= 15 is 0 Å². The van der Waals surface area contributed by atoms with Crippen molar-refractivity contribution in [3.63, 3.8) is 0 Å². The first-order valence-electron chi connectivity index (χ1n) is 8.66. The minimum Gasteiger partial charge on any atom is -0.497 e. The SMILES string of the molecule is CCCC(C)Sc1nc(-c2ccc(OC)cc2OC)cc(C(F)(F)F)c1C#N. The van der Waals surface area contributed by atoms with Crippen molar-refractivity contribution in [2.24, 2.45) is 0 Å². The highest BCUT2D eigenvalue weighted by Gasteiger charge is 2.36. The number of alkyl halides is 3. The minimum absolute atomic E-state index is 0.0266. The zero-order valence-corrected chi connectivity index (χ0v) is 16.9. The fourth-order valence-electron chi connectivity index (χ4n) is 2.74. The van der Waals surface area contributed by atoms with Gasteiger partial charge >= 0.3 is 6.18 Å². The zero-order valence-electron chi connectivity index (χ0n) is 16.1. The number of aromatic nitrogens is 1. The van der Waals surface area contributed by atoms with Crippen molar-refractivity contribution in [3.05, 3.63) is 35.4 Å². The van der Waals surface area contributed by atoms with Crippen LogP contribution in [0.15, 0.2) is 29.3 Å². The normalized spacial score (nSPS) is 12.4. The highest BCUT2D eigenvalue weighted by atomic mass is 32.2. The van der Waals surface area contributed by atoms with Gasteiger partial charge in [-0.2, -0.15) is 18.4 Å². The summed E-state index contributed by atoms with van der Waals surface area (Å²) in [5.41, 5.74) is -0.957. The van der Waals surface area contributed by atoms with Crippen molar-refractivity contribution in [1.82, 2.24) is 4.98 Å². The standard InChI is InChI=1S/C20H21F3N2O2S/c1-5-6-12(2)28-19-15(11-24)16(20(21,22)23)10-17(25-19)14-8-7-13(26-3)9-18(14)27-4/h7-10,12H,5-6H2,1-4H3. The number of pyridine rings is 1. The smallest absolute Gasteiger partial charge is 0.417 e. The first-order chi connectivity index (χ1) is 13.2. The number of hydrogen-bond acceptors (Lipinski definition) is 5. The van der Waals surface area contributed by atoms with Crippen LogP contribution in [0.3, 0.4) is 0 Å². The Labute approximate surface area is 166 Å². The number of methoxy groups -OCH3 is 2. The highest BCUT2D eigenvalue weighted by molar-refractivity contribution is 7.99. The van der Waals surface area contributed by atoms with Gasteiger partial charge in [-0.1, -0.05) is 20.3 Å². The van der Waals surface area contributed by atoms with Crippen LogP contribution in [0.5, 0.6) is 11.5 Å². The fourth-order valence-corrected chi connectivity index (χ4v) is 3.90. The van der Waals surface area contributed by atoms with Crippen molar-refractivity contribution in [3.8, 4) is 28.8 Å². The Morgan fingerprint density at radius 3 is 2.46 bits per heavy atom. The monoisotopic (exact) mass is 410 g/mol. The molecule has 0 radical (unpaired) electrons. The highest BCUT2D eigenvalue weighted by Crippen LogP contribution is 2.41. The third-order valence-corrected chi connectivity index (χ3v) is 5.25. The van der Waals surface area contributed by atoms with Gasteiger partial charge in [0.15, 0.2) is 0 Å². The van der Waals surface area contributed by atoms with E-state index in [1.165, 1.54) is 26.0 Å². The van der Waals surface area contributed by atoms with Crippen LogP contribution in [-0.2, 0) is 6.18 Å². The summed E-state index contributed by atoms with van der Waals surface area (Å²) in [7, 11) is 2.91. The lowest BCUT2D eigenvalue weighted by molar-refractivity contribution is -0.138. The predicted octanol–water partition coefficient (Wildman–Crippen LogP) is 5.94. The average Bonchev–Trinajstić information content (AvgIpc) is 2.66. The molecule has 1 unspecified atom stereocenters. The molecule has 0 saturated heterocycles. The summed E-state index contributed by atoms with van der Waals surface area (Å²) >= 11 is 1.18. The Hall–Kier alpha value is -2.40. The van der Waals surface area contributed by atoms with Crippen molar-refractivity contribution in [1.29, 1.82) is 5.26 Å². The quantitative estimate of drug-likeness (QED) is 0.529. The Kier molecular flexibility index (Phi) is 7.19. The van der Waals surface area contributed by atoms with Crippen molar-refractivity contribution >= 4 is 11.8 Å². The van der Waals surface area contributed by atoms with Crippen LogP contribution in [0.25, 0.3) is 11.3 Å². The molecule has 4 nitrogen and oxygen atoms in total. The first-order valence-corrected chi connectivity index (χ1v) is 9.54. The van der Waals surface area contributed by atoms with E-state index in [-0.39, 0.29) is 16.0 Å². The van der Waals surface area contributed by atoms with E-state index < -0.39 is 17.3 Å². The number of thioether (sulfide) groups is 1. The van der Waals surface area contributed by atoms with Crippen LogP contribution < -0.4 is 9.47 Å². The molecular weight excluding hydrogens is 389 g/mol. The van der Waals surface area contributed by atoms with Gasteiger partial charge in [-0.05, 0) is 24.6 Å². The van der Waals surface area contributed by atoms with Gasteiger partial charge < -0.3 is 9.47 Å². The number of benzene rings is 1. The van der Waals surface area contributed by atoms with Gasteiger partial charge in [0, 0.05) is 16.9 Å². The molecule has 1 aromatic heterocycles. The van der Waals surface area contributed by atoms with Crippen LogP contribution in [0.2, 0.25) is 0 Å². The molecule has 1 heterocycles. The molecule has 28 heavy (non-hydrogen) atoms. The van der Waals surface area contributed by atoms with Gasteiger partial charge in [-0.25, -0.2) is 4.98 Å². The molecule has 0 aliphatic rings.